The van der Waals surface area contributed by atoms with Gasteiger partial charge in [0.05, 0.1) is 0 Å². The van der Waals surface area contributed by atoms with Crippen LogP contribution in [0.4, 0.5) is 10.9 Å². The van der Waals surface area contributed by atoms with Crippen molar-refractivity contribution in [2.24, 2.45) is 5.92 Å². The molecule has 146 valence electrons. The Morgan fingerprint density at radius 1 is 1.11 bits per heavy atom. The number of nitrogens with zero attached hydrogens (tertiary/aromatic N) is 6. The van der Waals surface area contributed by atoms with Crippen LogP contribution in [0.3, 0.4) is 0 Å². The van der Waals surface area contributed by atoms with Crippen LogP contribution in [-0.4, -0.2) is 43.5 Å². The van der Waals surface area contributed by atoms with Gasteiger partial charge in [-0.3, -0.25) is 4.79 Å². The zero-order chi connectivity index (χ0) is 18.9. The number of imidazole rings is 1. The molecule has 28 heavy (non-hydrogen) atoms. The zero-order valence-electron chi connectivity index (χ0n) is 15.7. The fraction of sp³-hybridized carbons (Fsp3) is 0.526. The summed E-state index contributed by atoms with van der Waals surface area (Å²) in [7, 11) is 0. The van der Waals surface area contributed by atoms with Gasteiger partial charge in [-0.25, -0.2) is 19.9 Å². The highest BCUT2D eigenvalue weighted by Gasteiger charge is 2.28. The van der Waals surface area contributed by atoms with Crippen LogP contribution < -0.4 is 10.2 Å². The van der Waals surface area contributed by atoms with Crippen molar-refractivity contribution in [3.63, 3.8) is 0 Å². The van der Waals surface area contributed by atoms with E-state index in [-0.39, 0.29) is 11.8 Å². The molecule has 0 atom stereocenters. The molecule has 0 bridgehead atoms. The summed E-state index contributed by atoms with van der Waals surface area (Å²) in [6, 6.07) is 0. The predicted molar refractivity (Wildman–Crippen MR) is 109 cm³/mol. The maximum Gasteiger partial charge on any atom is 0.229 e. The normalized spacial score (nSPS) is 18.1. The first-order valence-corrected chi connectivity index (χ1v) is 10.8. The lowest BCUT2D eigenvalue weighted by Crippen LogP contribution is -2.38. The first-order valence-electron chi connectivity index (χ1n) is 9.95. The van der Waals surface area contributed by atoms with Crippen LogP contribution in [0.1, 0.15) is 37.9 Å². The third-order valence-electron chi connectivity index (χ3n) is 5.70. The molecule has 1 saturated heterocycles. The lowest BCUT2D eigenvalue weighted by Gasteiger charge is -2.31. The standard InChI is InChI=1S/C19H23N7OS/c27-18(24-19-20-7-11-28-19)13-5-9-25(10-6-13)16-15-17(22-12-21-16)26-8-3-1-2-4-14(26)23-15/h7,11-13H,1-6,8-10H2,(H,20,24,27). The van der Waals surface area contributed by atoms with Crippen LogP contribution in [0.15, 0.2) is 17.9 Å². The van der Waals surface area contributed by atoms with Crippen molar-refractivity contribution in [2.75, 3.05) is 23.3 Å². The molecule has 2 aliphatic rings. The number of aryl methyl sites for hydroxylation is 2. The van der Waals surface area contributed by atoms with E-state index in [0.717, 1.165) is 61.7 Å². The lowest BCUT2D eigenvalue weighted by molar-refractivity contribution is -0.120. The summed E-state index contributed by atoms with van der Waals surface area (Å²) in [4.78, 5) is 32.9. The van der Waals surface area contributed by atoms with Crippen LogP contribution >= 0.6 is 11.3 Å². The summed E-state index contributed by atoms with van der Waals surface area (Å²) in [5.41, 5.74) is 1.86. The zero-order valence-corrected chi connectivity index (χ0v) is 16.5. The first kappa shape index (κ1) is 17.5. The first-order chi connectivity index (χ1) is 13.8. The van der Waals surface area contributed by atoms with Gasteiger partial charge in [0, 0.05) is 43.5 Å². The topological polar surface area (TPSA) is 88.8 Å². The molecule has 1 amide bonds. The molecule has 5 heterocycles. The van der Waals surface area contributed by atoms with E-state index in [1.54, 1.807) is 12.5 Å². The van der Waals surface area contributed by atoms with E-state index in [9.17, 15) is 4.79 Å². The summed E-state index contributed by atoms with van der Waals surface area (Å²) in [5, 5.41) is 5.46. The molecular formula is C19H23N7OS. The number of hydrogen-bond acceptors (Lipinski definition) is 7. The monoisotopic (exact) mass is 397 g/mol. The Kier molecular flexibility index (Phi) is 4.67. The number of anilines is 2. The number of hydrogen-bond donors (Lipinski definition) is 1. The van der Waals surface area contributed by atoms with Crippen LogP contribution in [0.2, 0.25) is 0 Å². The van der Waals surface area contributed by atoms with Crippen molar-refractivity contribution in [3.05, 3.63) is 23.7 Å². The molecule has 2 aliphatic heterocycles. The number of carbonyl (C=O) groups is 1. The maximum atomic E-state index is 12.5. The lowest BCUT2D eigenvalue weighted by atomic mass is 9.96. The van der Waals surface area contributed by atoms with Crippen LogP contribution in [0, 0.1) is 5.92 Å². The summed E-state index contributed by atoms with van der Waals surface area (Å²) >= 11 is 1.45. The predicted octanol–water partition coefficient (Wildman–Crippen LogP) is 2.86. The Balaban J connectivity index is 1.32. The van der Waals surface area contributed by atoms with Gasteiger partial charge in [-0.05, 0) is 25.7 Å². The van der Waals surface area contributed by atoms with Crippen molar-refractivity contribution in [1.82, 2.24) is 24.5 Å². The third-order valence-corrected chi connectivity index (χ3v) is 6.39. The van der Waals surface area contributed by atoms with E-state index in [4.69, 9.17) is 4.98 Å². The summed E-state index contributed by atoms with van der Waals surface area (Å²) in [6.45, 7) is 2.58. The fourth-order valence-corrected chi connectivity index (χ4v) is 4.73. The maximum absolute atomic E-state index is 12.5. The minimum atomic E-state index is 0.0104. The van der Waals surface area contributed by atoms with E-state index < -0.39 is 0 Å². The average Bonchev–Trinajstić information content (AvgIpc) is 3.29. The highest BCUT2D eigenvalue weighted by Crippen LogP contribution is 2.29. The molecule has 0 unspecified atom stereocenters. The molecule has 0 spiro atoms. The highest BCUT2D eigenvalue weighted by molar-refractivity contribution is 7.13. The number of fused-ring (bicyclic) bond motifs is 3. The molecule has 5 rings (SSSR count). The Morgan fingerprint density at radius 2 is 2.00 bits per heavy atom. The minimum Gasteiger partial charge on any atom is -0.355 e. The average molecular weight is 398 g/mol. The molecule has 0 aliphatic carbocycles. The SMILES string of the molecule is O=C(Nc1nccs1)C1CCN(c2ncnc3c2nc2n3CCCCC2)CC1. The van der Waals surface area contributed by atoms with Gasteiger partial charge in [0.25, 0.3) is 0 Å². The van der Waals surface area contributed by atoms with Crippen molar-refractivity contribution >= 4 is 39.4 Å². The summed E-state index contributed by atoms with van der Waals surface area (Å²) < 4.78 is 2.27. The van der Waals surface area contributed by atoms with Gasteiger partial charge >= 0.3 is 0 Å². The van der Waals surface area contributed by atoms with E-state index >= 15 is 0 Å². The molecule has 1 N–H and O–H groups in total. The Hall–Kier alpha value is -2.55. The Bertz CT molecular complexity index is 976. The molecule has 1 fully saturated rings. The van der Waals surface area contributed by atoms with Gasteiger partial charge in [-0.15, -0.1) is 11.3 Å². The van der Waals surface area contributed by atoms with E-state index in [1.165, 1.54) is 30.6 Å². The van der Waals surface area contributed by atoms with Gasteiger partial charge in [0.2, 0.25) is 5.91 Å². The molecule has 0 aromatic carbocycles. The quantitative estimate of drug-likeness (QED) is 0.731. The van der Waals surface area contributed by atoms with Gasteiger partial charge in [0.15, 0.2) is 22.1 Å². The second-order valence-electron chi connectivity index (χ2n) is 7.45. The van der Waals surface area contributed by atoms with Gasteiger partial charge < -0.3 is 14.8 Å². The summed E-state index contributed by atoms with van der Waals surface area (Å²) in [6.07, 6.45) is 9.58. The number of aromatic nitrogens is 5. The van der Waals surface area contributed by atoms with Crippen LogP contribution in [0.5, 0.6) is 0 Å². The van der Waals surface area contributed by atoms with Crippen molar-refractivity contribution in [2.45, 2.75) is 45.1 Å². The van der Waals surface area contributed by atoms with Gasteiger partial charge in [-0.1, -0.05) is 6.42 Å². The van der Waals surface area contributed by atoms with E-state index in [0.29, 0.717) is 5.13 Å². The smallest absolute Gasteiger partial charge is 0.229 e. The van der Waals surface area contributed by atoms with Crippen molar-refractivity contribution in [3.8, 4) is 0 Å². The molecule has 0 saturated carbocycles. The molecule has 0 radical (unpaired) electrons. The number of thiazole rings is 1. The van der Waals surface area contributed by atoms with Gasteiger partial charge in [-0.2, -0.15) is 0 Å². The van der Waals surface area contributed by atoms with E-state index in [2.05, 4.69) is 29.7 Å². The summed E-state index contributed by atoms with van der Waals surface area (Å²) in [5.74, 6) is 2.11. The number of carbonyl (C=O) groups excluding carboxylic acids is 1. The second kappa shape index (κ2) is 7.46. The largest absolute Gasteiger partial charge is 0.355 e. The van der Waals surface area contributed by atoms with Gasteiger partial charge in [0.1, 0.15) is 12.2 Å². The van der Waals surface area contributed by atoms with Crippen molar-refractivity contribution in [1.29, 1.82) is 0 Å². The number of piperidine rings is 1. The third kappa shape index (κ3) is 3.23. The van der Waals surface area contributed by atoms with Crippen molar-refractivity contribution < 1.29 is 4.79 Å². The molecule has 3 aromatic rings. The minimum absolute atomic E-state index is 0.0104. The van der Waals surface area contributed by atoms with Crippen LogP contribution in [0.25, 0.3) is 11.2 Å². The second-order valence-corrected chi connectivity index (χ2v) is 8.34. The van der Waals surface area contributed by atoms with Crippen LogP contribution in [-0.2, 0) is 17.8 Å². The number of nitrogens with one attached hydrogen (secondary N) is 1. The Labute approximate surface area is 167 Å². The number of amides is 1. The molecule has 8 nitrogen and oxygen atoms in total. The highest BCUT2D eigenvalue weighted by atomic mass is 32.1. The molecule has 3 aromatic heterocycles. The Morgan fingerprint density at radius 3 is 2.82 bits per heavy atom. The fourth-order valence-electron chi connectivity index (χ4n) is 4.20. The molecule has 9 heteroatoms. The molecular weight excluding hydrogens is 374 g/mol. The number of rotatable bonds is 3. The van der Waals surface area contributed by atoms with E-state index in [1.807, 2.05) is 5.38 Å².